The van der Waals surface area contributed by atoms with Gasteiger partial charge in [-0.25, -0.2) is 5.21 Å². The Hall–Kier alpha value is -0.120. The highest BCUT2D eigenvalue weighted by molar-refractivity contribution is 4.03. The smallest absolute Gasteiger partial charge is 0.210 e. The summed E-state index contributed by atoms with van der Waals surface area (Å²) in [6, 6.07) is 0. The van der Waals surface area contributed by atoms with Gasteiger partial charge in [-0.1, -0.05) is 0 Å². The maximum atomic E-state index is 8.82. The predicted octanol–water partition coefficient (Wildman–Crippen LogP) is -0.208. The fraction of sp³-hybridized carbons (Fsp3) is 1.00. The van der Waals surface area contributed by atoms with E-state index < -0.39 is 0 Å². The number of aliphatic hydroxyl groups is 1. The van der Waals surface area contributed by atoms with Crippen LogP contribution in [0.25, 0.3) is 0 Å². The van der Waals surface area contributed by atoms with Gasteiger partial charge in [0.05, 0.1) is 0 Å². The van der Waals surface area contributed by atoms with Crippen LogP contribution in [0.3, 0.4) is 0 Å². The van der Waals surface area contributed by atoms with Crippen LogP contribution >= 0.6 is 0 Å². The Kier molecular flexibility index (Phi) is 2.22. The molecule has 0 saturated heterocycles. The van der Waals surface area contributed by atoms with Gasteiger partial charge in [0.1, 0.15) is 13.6 Å². The lowest BCUT2D eigenvalue weighted by Crippen LogP contribution is -2.40. The summed E-state index contributed by atoms with van der Waals surface area (Å²) < 4.78 is -0.306. The van der Waals surface area contributed by atoms with Crippen LogP contribution in [-0.4, -0.2) is 35.3 Å². The molecule has 0 aromatic heterocycles. The fourth-order valence-corrected chi connectivity index (χ4v) is 0.1000. The molecule has 44 valence electrons. The minimum Gasteiger partial charge on any atom is -0.345 e. The van der Waals surface area contributed by atoms with Crippen LogP contribution in [0.1, 0.15) is 6.92 Å². The second kappa shape index (κ2) is 2.26. The third-order valence-electron chi connectivity index (χ3n) is 0.986. The van der Waals surface area contributed by atoms with Crippen LogP contribution in [0, 0.1) is 0 Å². The minimum absolute atomic E-state index is 0.212. The largest absolute Gasteiger partial charge is 0.345 e. The number of quaternary nitrogens is 1. The van der Waals surface area contributed by atoms with Crippen molar-refractivity contribution < 1.29 is 15.0 Å². The molecular formula is C4H12NO2+. The van der Waals surface area contributed by atoms with Crippen molar-refractivity contribution in [2.75, 3.05) is 20.3 Å². The molecule has 1 atom stereocenters. The van der Waals surface area contributed by atoms with E-state index in [-0.39, 0.29) is 11.4 Å². The molecule has 0 rings (SSSR count). The van der Waals surface area contributed by atoms with E-state index in [0.717, 1.165) is 0 Å². The highest BCUT2D eigenvalue weighted by Gasteiger charge is 2.10. The van der Waals surface area contributed by atoms with Crippen molar-refractivity contribution in [2.24, 2.45) is 0 Å². The van der Waals surface area contributed by atoms with E-state index in [4.69, 9.17) is 10.3 Å². The van der Waals surface area contributed by atoms with Gasteiger partial charge >= 0.3 is 0 Å². The summed E-state index contributed by atoms with van der Waals surface area (Å²) in [4.78, 5) is 0. The molecule has 0 aliphatic carbocycles. The van der Waals surface area contributed by atoms with Crippen LogP contribution < -0.4 is 0 Å². The summed E-state index contributed by atoms with van der Waals surface area (Å²) in [6.45, 7) is 2.13. The lowest BCUT2D eigenvalue weighted by Gasteiger charge is -2.19. The van der Waals surface area contributed by atoms with Crippen molar-refractivity contribution in [3.8, 4) is 0 Å². The van der Waals surface area contributed by atoms with Gasteiger partial charge in [-0.2, -0.15) is 4.65 Å². The Bertz CT molecular complexity index is 47.7. The predicted molar refractivity (Wildman–Crippen MR) is 25.6 cm³/mol. The number of hydrogen-bond acceptors (Lipinski definition) is 2. The molecule has 0 heterocycles. The van der Waals surface area contributed by atoms with E-state index in [1.807, 2.05) is 0 Å². The number of hydroxylamine groups is 3. The molecule has 0 aliphatic rings. The van der Waals surface area contributed by atoms with Crippen molar-refractivity contribution in [1.29, 1.82) is 0 Å². The summed E-state index contributed by atoms with van der Waals surface area (Å²) in [6.07, 6.45) is 0. The topological polar surface area (TPSA) is 40.5 Å². The maximum Gasteiger partial charge on any atom is 0.210 e. The first kappa shape index (κ1) is 6.88. The van der Waals surface area contributed by atoms with E-state index in [1.165, 1.54) is 0 Å². The van der Waals surface area contributed by atoms with Crippen molar-refractivity contribution >= 4 is 0 Å². The molecular weight excluding hydrogens is 94.0 g/mol. The van der Waals surface area contributed by atoms with Crippen LogP contribution in [0.4, 0.5) is 0 Å². The Balaban J connectivity index is 3.36. The molecule has 3 nitrogen and oxygen atoms in total. The Labute approximate surface area is 43.3 Å². The van der Waals surface area contributed by atoms with Crippen LogP contribution in [0.15, 0.2) is 0 Å². The Morgan fingerprint density at radius 2 is 2.00 bits per heavy atom. The standard InChI is InChI=1S/C4H12NO2/c1-3-5(2,7)4-6/h6-7H,3-4H2,1-2H3/q+1. The summed E-state index contributed by atoms with van der Waals surface area (Å²) >= 11 is 0. The van der Waals surface area contributed by atoms with Crippen LogP contribution in [0.2, 0.25) is 0 Å². The molecule has 0 aromatic carbocycles. The zero-order valence-corrected chi connectivity index (χ0v) is 4.76. The van der Waals surface area contributed by atoms with Gasteiger partial charge in [0, 0.05) is 0 Å². The van der Waals surface area contributed by atoms with Crippen molar-refractivity contribution in [3.05, 3.63) is 0 Å². The molecule has 3 heteroatoms. The van der Waals surface area contributed by atoms with Crippen molar-refractivity contribution in [1.82, 2.24) is 0 Å². The quantitative estimate of drug-likeness (QED) is 0.290. The van der Waals surface area contributed by atoms with Gasteiger partial charge in [0.15, 0.2) is 0 Å². The SMILES string of the molecule is CC[N+](C)(O)CO. The van der Waals surface area contributed by atoms with Crippen LogP contribution in [0.5, 0.6) is 0 Å². The lowest BCUT2D eigenvalue weighted by molar-refractivity contribution is -1.10. The molecule has 0 amide bonds. The van der Waals surface area contributed by atoms with Crippen LogP contribution in [-0.2, 0) is 0 Å². The van der Waals surface area contributed by atoms with Crippen molar-refractivity contribution in [3.63, 3.8) is 0 Å². The van der Waals surface area contributed by atoms with Gasteiger partial charge in [-0.3, -0.25) is 0 Å². The van der Waals surface area contributed by atoms with Gasteiger partial charge in [0.25, 0.3) is 0 Å². The zero-order valence-electron chi connectivity index (χ0n) is 4.76. The summed E-state index contributed by atoms with van der Waals surface area (Å²) in [5.74, 6) is 0. The van der Waals surface area contributed by atoms with Crippen molar-refractivity contribution in [2.45, 2.75) is 6.92 Å². The van der Waals surface area contributed by atoms with E-state index in [2.05, 4.69) is 0 Å². The van der Waals surface area contributed by atoms with Gasteiger partial charge in [-0.05, 0) is 6.92 Å². The monoisotopic (exact) mass is 106 g/mol. The molecule has 2 N–H and O–H groups in total. The Morgan fingerprint density at radius 1 is 1.57 bits per heavy atom. The first-order valence-corrected chi connectivity index (χ1v) is 2.30. The molecule has 1 unspecified atom stereocenters. The Morgan fingerprint density at radius 3 is 2.00 bits per heavy atom. The molecule has 0 fully saturated rings. The summed E-state index contributed by atoms with van der Waals surface area (Å²) in [5.41, 5.74) is 0. The first-order chi connectivity index (χ1) is 3.12. The molecule has 0 saturated carbocycles. The second-order valence-corrected chi connectivity index (χ2v) is 1.80. The molecule has 0 aromatic rings. The highest BCUT2D eigenvalue weighted by Crippen LogP contribution is 1.88. The molecule has 0 aliphatic heterocycles. The third-order valence-corrected chi connectivity index (χ3v) is 0.986. The van der Waals surface area contributed by atoms with E-state index in [9.17, 15) is 0 Å². The summed E-state index contributed by atoms with van der Waals surface area (Å²) in [7, 11) is 1.54. The lowest BCUT2D eigenvalue weighted by atomic mass is 10.6. The fourth-order valence-electron chi connectivity index (χ4n) is 0.1000. The van der Waals surface area contributed by atoms with Gasteiger partial charge in [0.2, 0.25) is 6.73 Å². The average Bonchev–Trinajstić information content (AvgIpc) is 1.68. The molecule has 0 radical (unpaired) electrons. The third kappa shape index (κ3) is 2.56. The average molecular weight is 106 g/mol. The number of nitrogens with zero attached hydrogens (tertiary/aromatic N) is 1. The van der Waals surface area contributed by atoms with E-state index in [0.29, 0.717) is 6.54 Å². The minimum atomic E-state index is -0.306. The number of rotatable bonds is 2. The molecule has 0 bridgehead atoms. The number of aliphatic hydroxyl groups excluding tert-OH is 1. The summed E-state index contributed by atoms with van der Waals surface area (Å²) in [5, 5.41) is 17.1. The van der Waals surface area contributed by atoms with E-state index in [1.54, 1.807) is 14.0 Å². The first-order valence-electron chi connectivity index (χ1n) is 2.30. The highest BCUT2D eigenvalue weighted by atomic mass is 16.6. The van der Waals surface area contributed by atoms with Gasteiger partial charge < -0.3 is 5.11 Å². The normalized spacial score (nSPS) is 18.9. The zero-order chi connectivity index (χ0) is 5.91. The maximum absolute atomic E-state index is 8.82. The molecule has 7 heavy (non-hydrogen) atoms. The molecule has 0 spiro atoms. The second-order valence-electron chi connectivity index (χ2n) is 1.80. The van der Waals surface area contributed by atoms with E-state index >= 15 is 0 Å². The number of hydrogen-bond donors (Lipinski definition) is 2. The van der Waals surface area contributed by atoms with Gasteiger partial charge in [-0.15, -0.1) is 0 Å².